The summed E-state index contributed by atoms with van der Waals surface area (Å²) in [5.41, 5.74) is 0.788. The third-order valence-corrected chi connectivity index (χ3v) is 4.08. The van der Waals surface area contributed by atoms with Crippen LogP contribution in [-0.2, 0) is 9.59 Å². The van der Waals surface area contributed by atoms with E-state index < -0.39 is 0 Å². The zero-order valence-electron chi connectivity index (χ0n) is 12.6. The van der Waals surface area contributed by atoms with Crippen molar-refractivity contribution in [3.63, 3.8) is 0 Å². The number of halogens is 1. The van der Waals surface area contributed by atoms with E-state index in [2.05, 4.69) is 31.5 Å². The van der Waals surface area contributed by atoms with Crippen molar-refractivity contribution < 1.29 is 9.59 Å². The van der Waals surface area contributed by atoms with E-state index in [4.69, 9.17) is 0 Å². The molecular weight excluding hydrogens is 348 g/mol. The lowest BCUT2D eigenvalue weighted by atomic mass is 10.3. The van der Waals surface area contributed by atoms with Gasteiger partial charge in [-0.05, 0) is 31.3 Å². The molecule has 1 aliphatic heterocycles. The van der Waals surface area contributed by atoms with E-state index in [-0.39, 0.29) is 11.8 Å². The van der Waals surface area contributed by atoms with E-state index in [0.29, 0.717) is 26.2 Å². The first-order chi connectivity index (χ1) is 10.6. The summed E-state index contributed by atoms with van der Waals surface area (Å²) in [6.45, 7) is 3.51. The molecular formula is C15H21BrN4O2. The number of anilines is 1. The Morgan fingerprint density at radius 2 is 1.77 bits per heavy atom. The normalized spacial score (nSPS) is 15.6. The van der Waals surface area contributed by atoms with Crippen LogP contribution in [0.15, 0.2) is 28.7 Å². The third-order valence-electron chi connectivity index (χ3n) is 3.55. The number of piperazine rings is 1. The Kier molecular flexibility index (Phi) is 6.35. The van der Waals surface area contributed by atoms with Crippen LogP contribution in [0, 0.1) is 0 Å². The highest BCUT2D eigenvalue weighted by Gasteiger charge is 2.21. The Morgan fingerprint density at radius 1 is 1.14 bits per heavy atom. The molecule has 0 atom stereocenters. The van der Waals surface area contributed by atoms with Gasteiger partial charge in [0.15, 0.2) is 0 Å². The predicted molar refractivity (Wildman–Crippen MR) is 89.7 cm³/mol. The van der Waals surface area contributed by atoms with Crippen LogP contribution in [0.3, 0.4) is 0 Å². The van der Waals surface area contributed by atoms with Gasteiger partial charge in [-0.3, -0.25) is 14.5 Å². The van der Waals surface area contributed by atoms with Crippen molar-refractivity contribution >= 4 is 33.4 Å². The third kappa shape index (κ3) is 5.08. The van der Waals surface area contributed by atoms with Gasteiger partial charge in [-0.15, -0.1) is 0 Å². The molecule has 0 aliphatic carbocycles. The molecule has 1 fully saturated rings. The Hall–Kier alpha value is -1.44. The second-order valence-corrected chi connectivity index (χ2v) is 6.16. The van der Waals surface area contributed by atoms with Crippen molar-refractivity contribution in [2.75, 3.05) is 51.6 Å². The van der Waals surface area contributed by atoms with Crippen LogP contribution in [-0.4, -0.2) is 67.9 Å². The number of nitrogens with one attached hydrogen (secondary N) is 2. The smallest absolute Gasteiger partial charge is 0.238 e. The molecule has 1 aliphatic rings. The average Bonchev–Trinajstić information content (AvgIpc) is 2.50. The number of hydrogen-bond donors (Lipinski definition) is 2. The first-order valence-electron chi connectivity index (χ1n) is 7.28. The Labute approximate surface area is 139 Å². The Morgan fingerprint density at radius 3 is 2.36 bits per heavy atom. The van der Waals surface area contributed by atoms with E-state index in [1.165, 1.54) is 0 Å². The average molecular weight is 369 g/mol. The standard InChI is InChI=1S/C15H21BrN4O2/c1-17-10-15(22)20-8-6-19(7-9-20)11-14(21)18-13-4-2-12(16)3-5-13/h2-5,17H,6-11H2,1H3,(H,18,21). The second kappa shape index (κ2) is 8.26. The molecule has 6 nitrogen and oxygen atoms in total. The number of benzene rings is 1. The van der Waals surface area contributed by atoms with Crippen LogP contribution >= 0.6 is 15.9 Å². The van der Waals surface area contributed by atoms with Gasteiger partial charge in [0, 0.05) is 36.3 Å². The van der Waals surface area contributed by atoms with Crippen LogP contribution in [0.2, 0.25) is 0 Å². The summed E-state index contributed by atoms with van der Waals surface area (Å²) >= 11 is 3.36. The van der Waals surface area contributed by atoms with Gasteiger partial charge in [-0.2, -0.15) is 0 Å². The molecule has 2 rings (SSSR count). The van der Waals surface area contributed by atoms with Crippen LogP contribution in [0.1, 0.15) is 0 Å². The maximum atomic E-state index is 12.0. The number of likely N-dealkylation sites (N-methyl/N-ethyl adjacent to an activating group) is 1. The lowest BCUT2D eigenvalue weighted by Crippen LogP contribution is -2.51. The molecule has 0 radical (unpaired) electrons. The maximum Gasteiger partial charge on any atom is 0.238 e. The summed E-state index contributed by atoms with van der Waals surface area (Å²) in [5.74, 6) is 0.0822. The summed E-state index contributed by atoms with van der Waals surface area (Å²) in [7, 11) is 1.76. The zero-order chi connectivity index (χ0) is 15.9. The topological polar surface area (TPSA) is 64.7 Å². The fourth-order valence-corrected chi connectivity index (χ4v) is 2.62. The quantitative estimate of drug-likeness (QED) is 0.804. The van der Waals surface area contributed by atoms with Gasteiger partial charge in [0.1, 0.15) is 0 Å². The molecule has 1 aromatic rings. The summed E-state index contributed by atoms with van der Waals surface area (Å²) in [5, 5.41) is 5.75. The summed E-state index contributed by atoms with van der Waals surface area (Å²) < 4.78 is 0.979. The molecule has 1 aromatic carbocycles. The predicted octanol–water partition coefficient (Wildman–Crippen LogP) is 0.751. The van der Waals surface area contributed by atoms with E-state index in [1.807, 2.05) is 29.2 Å². The minimum absolute atomic E-state index is 0.0303. The summed E-state index contributed by atoms with van der Waals surface area (Å²) in [6, 6.07) is 7.50. The minimum Gasteiger partial charge on any atom is -0.339 e. The number of carbonyl (C=O) groups is 2. The van der Waals surface area contributed by atoms with E-state index in [0.717, 1.165) is 23.2 Å². The first-order valence-corrected chi connectivity index (χ1v) is 8.08. The summed E-state index contributed by atoms with van der Waals surface area (Å²) in [6.07, 6.45) is 0. The van der Waals surface area contributed by atoms with Crippen molar-refractivity contribution in [1.82, 2.24) is 15.1 Å². The largest absolute Gasteiger partial charge is 0.339 e. The van der Waals surface area contributed by atoms with E-state index >= 15 is 0 Å². The van der Waals surface area contributed by atoms with Gasteiger partial charge < -0.3 is 15.5 Å². The molecule has 0 spiro atoms. The fourth-order valence-electron chi connectivity index (χ4n) is 2.36. The van der Waals surface area contributed by atoms with Crippen molar-refractivity contribution in [2.45, 2.75) is 0 Å². The molecule has 120 valence electrons. The number of hydrogen-bond acceptors (Lipinski definition) is 4. The van der Waals surface area contributed by atoms with Crippen molar-refractivity contribution in [3.05, 3.63) is 28.7 Å². The number of amides is 2. The monoisotopic (exact) mass is 368 g/mol. The Balaban J connectivity index is 1.74. The fraction of sp³-hybridized carbons (Fsp3) is 0.467. The number of nitrogens with zero attached hydrogens (tertiary/aromatic N) is 2. The molecule has 2 N–H and O–H groups in total. The van der Waals surface area contributed by atoms with Crippen LogP contribution in [0.5, 0.6) is 0 Å². The van der Waals surface area contributed by atoms with Gasteiger partial charge in [0.2, 0.25) is 11.8 Å². The van der Waals surface area contributed by atoms with Crippen molar-refractivity contribution in [3.8, 4) is 0 Å². The lowest BCUT2D eigenvalue weighted by Gasteiger charge is -2.34. The van der Waals surface area contributed by atoms with Gasteiger partial charge in [-0.1, -0.05) is 15.9 Å². The zero-order valence-corrected chi connectivity index (χ0v) is 14.2. The molecule has 22 heavy (non-hydrogen) atoms. The molecule has 0 bridgehead atoms. The van der Waals surface area contributed by atoms with E-state index in [1.54, 1.807) is 7.05 Å². The van der Waals surface area contributed by atoms with Crippen molar-refractivity contribution in [1.29, 1.82) is 0 Å². The maximum absolute atomic E-state index is 12.0. The lowest BCUT2D eigenvalue weighted by molar-refractivity contribution is -0.132. The minimum atomic E-state index is -0.0303. The SMILES string of the molecule is CNCC(=O)N1CCN(CC(=O)Nc2ccc(Br)cc2)CC1. The van der Waals surface area contributed by atoms with Crippen molar-refractivity contribution in [2.24, 2.45) is 0 Å². The highest BCUT2D eigenvalue weighted by Crippen LogP contribution is 2.14. The highest BCUT2D eigenvalue weighted by atomic mass is 79.9. The first kappa shape index (κ1) is 16.9. The van der Waals surface area contributed by atoms with Gasteiger partial charge in [0.25, 0.3) is 0 Å². The molecule has 1 heterocycles. The van der Waals surface area contributed by atoms with Crippen LogP contribution < -0.4 is 10.6 Å². The molecule has 0 aromatic heterocycles. The second-order valence-electron chi connectivity index (χ2n) is 5.24. The Bertz CT molecular complexity index is 513. The molecule has 1 saturated heterocycles. The molecule has 0 unspecified atom stereocenters. The number of rotatable bonds is 5. The number of carbonyl (C=O) groups excluding carboxylic acids is 2. The summed E-state index contributed by atoms with van der Waals surface area (Å²) in [4.78, 5) is 27.7. The van der Waals surface area contributed by atoms with Crippen LogP contribution in [0.4, 0.5) is 5.69 Å². The van der Waals surface area contributed by atoms with Gasteiger partial charge in [-0.25, -0.2) is 0 Å². The molecule has 2 amide bonds. The van der Waals surface area contributed by atoms with E-state index in [9.17, 15) is 9.59 Å². The molecule has 7 heteroatoms. The van der Waals surface area contributed by atoms with Gasteiger partial charge in [0.05, 0.1) is 13.1 Å². The molecule has 0 saturated carbocycles. The highest BCUT2D eigenvalue weighted by molar-refractivity contribution is 9.10. The van der Waals surface area contributed by atoms with Crippen LogP contribution in [0.25, 0.3) is 0 Å². The van der Waals surface area contributed by atoms with Gasteiger partial charge >= 0.3 is 0 Å².